The van der Waals surface area contributed by atoms with Gasteiger partial charge in [0.05, 0.1) is 5.02 Å². The van der Waals surface area contributed by atoms with Gasteiger partial charge in [0.2, 0.25) is 0 Å². The second-order valence-electron chi connectivity index (χ2n) is 4.76. The van der Waals surface area contributed by atoms with Crippen molar-refractivity contribution in [3.05, 3.63) is 58.6 Å². The summed E-state index contributed by atoms with van der Waals surface area (Å²) in [6.07, 6.45) is 0. The Hall–Kier alpha value is -1.51. The van der Waals surface area contributed by atoms with Crippen molar-refractivity contribution in [1.82, 2.24) is 0 Å². The van der Waals surface area contributed by atoms with E-state index in [1.807, 2.05) is 36.4 Å². The predicted octanol–water partition coefficient (Wildman–Crippen LogP) is 4.71. The molecule has 2 nitrogen and oxygen atoms in total. The van der Waals surface area contributed by atoms with E-state index in [1.165, 1.54) is 5.56 Å². The van der Waals surface area contributed by atoms with Crippen LogP contribution >= 0.6 is 11.6 Å². The lowest BCUT2D eigenvalue weighted by atomic mass is 10.0. The van der Waals surface area contributed by atoms with Gasteiger partial charge in [-0.2, -0.15) is 0 Å². The van der Waals surface area contributed by atoms with Gasteiger partial charge in [0.25, 0.3) is 0 Å². The maximum absolute atomic E-state index is 6.21. The molecule has 0 aliphatic carbocycles. The minimum atomic E-state index is 0.401. The number of halogens is 1. The maximum atomic E-state index is 6.21. The fourth-order valence-electron chi connectivity index (χ4n) is 1.92. The van der Waals surface area contributed by atoms with E-state index in [4.69, 9.17) is 22.1 Å². The third-order valence-electron chi connectivity index (χ3n) is 2.99. The van der Waals surface area contributed by atoms with Crippen molar-refractivity contribution in [3.8, 4) is 11.5 Å². The first-order valence-electron chi connectivity index (χ1n) is 6.37. The van der Waals surface area contributed by atoms with Crippen LogP contribution < -0.4 is 10.5 Å². The molecular weight excluding hydrogens is 258 g/mol. The molecule has 0 aliphatic rings. The number of nitrogens with two attached hydrogens (primary N) is 1. The highest BCUT2D eigenvalue weighted by molar-refractivity contribution is 6.32. The van der Waals surface area contributed by atoms with Crippen LogP contribution in [0.4, 0.5) is 0 Å². The van der Waals surface area contributed by atoms with Gasteiger partial charge in [0.1, 0.15) is 11.5 Å². The van der Waals surface area contributed by atoms with Gasteiger partial charge in [-0.3, -0.25) is 0 Å². The van der Waals surface area contributed by atoms with Crippen molar-refractivity contribution in [1.29, 1.82) is 0 Å². The Morgan fingerprint density at radius 3 is 2.47 bits per heavy atom. The molecule has 0 saturated heterocycles. The van der Waals surface area contributed by atoms with Gasteiger partial charge in [-0.15, -0.1) is 0 Å². The molecule has 2 aromatic carbocycles. The Morgan fingerprint density at radius 2 is 1.84 bits per heavy atom. The van der Waals surface area contributed by atoms with Crippen molar-refractivity contribution in [2.45, 2.75) is 26.3 Å². The monoisotopic (exact) mass is 275 g/mol. The van der Waals surface area contributed by atoms with Crippen molar-refractivity contribution < 1.29 is 4.74 Å². The lowest BCUT2D eigenvalue weighted by Gasteiger charge is -2.14. The molecule has 2 rings (SSSR count). The smallest absolute Gasteiger partial charge is 0.146 e. The van der Waals surface area contributed by atoms with E-state index in [1.54, 1.807) is 0 Å². The van der Waals surface area contributed by atoms with E-state index >= 15 is 0 Å². The van der Waals surface area contributed by atoms with Gasteiger partial charge >= 0.3 is 0 Å². The second-order valence-corrected chi connectivity index (χ2v) is 5.17. The summed E-state index contributed by atoms with van der Waals surface area (Å²) in [5.74, 6) is 1.91. The third kappa shape index (κ3) is 3.28. The van der Waals surface area contributed by atoms with Gasteiger partial charge in [-0.1, -0.05) is 49.7 Å². The second kappa shape index (κ2) is 6.09. The predicted molar refractivity (Wildman–Crippen MR) is 79.9 cm³/mol. The Morgan fingerprint density at radius 1 is 1.11 bits per heavy atom. The van der Waals surface area contributed by atoms with E-state index in [2.05, 4.69) is 19.9 Å². The molecule has 0 aliphatic heterocycles. The highest BCUT2D eigenvalue weighted by atomic mass is 35.5. The van der Waals surface area contributed by atoms with Crippen molar-refractivity contribution in [3.63, 3.8) is 0 Å². The molecule has 0 atom stereocenters. The lowest BCUT2D eigenvalue weighted by Crippen LogP contribution is -1.97. The molecular formula is C16H18ClNO. The number of hydrogen-bond donors (Lipinski definition) is 1. The molecule has 19 heavy (non-hydrogen) atoms. The van der Waals surface area contributed by atoms with E-state index in [9.17, 15) is 0 Å². The molecule has 0 fully saturated rings. The third-order valence-corrected chi connectivity index (χ3v) is 3.29. The molecule has 0 aromatic heterocycles. The number of benzene rings is 2. The minimum absolute atomic E-state index is 0.401. The summed E-state index contributed by atoms with van der Waals surface area (Å²) < 4.78 is 5.93. The van der Waals surface area contributed by atoms with E-state index in [0.29, 0.717) is 23.2 Å². The summed E-state index contributed by atoms with van der Waals surface area (Å²) >= 11 is 6.21. The molecule has 0 bridgehead atoms. The average Bonchev–Trinajstić information content (AvgIpc) is 2.41. The van der Waals surface area contributed by atoms with Crippen LogP contribution in [0, 0.1) is 0 Å². The molecule has 0 radical (unpaired) electrons. The molecule has 0 amide bonds. The molecule has 0 heterocycles. The van der Waals surface area contributed by atoms with Gasteiger partial charge in [-0.05, 0) is 35.2 Å². The van der Waals surface area contributed by atoms with Gasteiger partial charge in [-0.25, -0.2) is 0 Å². The lowest BCUT2D eigenvalue weighted by molar-refractivity contribution is 0.473. The van der Waals surface area contributed by atoms with Crippen LogP contribution in [0.3, 0.4) is 0 Å². The Kier molecular flexibility index (Phi) is 4.46. The highest BCUT2D eigenvalue weighted by Crippen LogP contribution is 2.34. The summed E-state index contributed by atoms with van der Waals surface area (Å²) in [6, 6.07) is 13.6. The van der Waals surface area contributed by atoms with E-state index in [-0.39, 0.29) is 0 Å². The standard InChI is InChI=1S/C16H18ClNO/c1-11(2)13-5-3-4-6-15(13)19-16-8-7-12(10-18)9-14(16)17/h3-9,11H,10,18H2,1-2H3. The number of hydrogen-bond acceptors (Lipinski definition) is 2. The first-order chi connectivity index (χ1) is 9.11. The first-order valence-corrected chi connectivity index (χ1v) is 6.75. The molecule has 0 spiro atoms. The number of rotatable bonds is 4. The van der Waals surface area contributed by atoms with Crippen LogP contribution in [-0.4, -0.2) is 0 Å². The summed E-state index contributed by atoms with van der Waals surface area (Å²) in [4.78, 5) is 0. The van der Waals surface area contributed by atoms with Crippen molar-refractivity contribution >= 4 is 11.6 Å². The maximum Gasteiger partial charge on any atom is 0.146 e. The zero-order valence-corrected chi connectivity index (χ0v) is 11.9. The molecule has 2 aromatic rings. The molecule has 100 valence electrons. The quantitative estimate of drug-likeness (QED) is 0.877. The van der Waals surface area contributed by atoms with Gasteiger partial charge in [0, 0.05) is 6.54 Å². The van der Waals surface area contributed by atoms with Crippen LogP contribution in [-0.2, 0) is 6.54 Å². The minimum Gasteiger partial charge on any atom is -0.456 e. The summed E-state index contributed by atoms with van der Waals surface area (Å²) in [7, 11) is 0. The van der Waals surface area contributed by atoms with Gasteiger partial charge < -0.3 is 10.5 Å². The summed E-state index contributed by atoms with van der Waals surface area (Å²) in [6.45, 7) is 4.76. The highest BCUT2D eigenvalue weighted by Gasteiger charge is 2.10. The molecule has 2 N–H and O–H groups in total. The fourth-order valence-corrected chi connectivity index (χ4v) is 2.16. The first kappa shape index (κ1) is 13.9. The van der Waals surface area contributed by atoms with Crippen molar-refractivity contribution in [2.75, 3.05) is 0 Å². The Balaban J connectivity index is 2.31. The Labute approximate surface area is 119 Å². The van der Waals surface area contributed by atoms with Gasteiger partial charge in [0.15, 0.2) is 0 Å². The zero-order chi connectivity index (χ0) is 13.8. The van der Waals surface area contributed by atoms with Crippen LogP contribution in [0.5, 0.6) is 11.5 Å². The largest absolute Gasteiger partial charge is 0.456 e. The molecule has 0 saturated carbocycles. The van der Waals surface area contributed by atoms with E-state index < -0.39 is 0 Å². The summed E-state index contributed by atoms with van der Waals surface area (Å²) in [5, 5.41) is 0.585. The molecule has 3 heteroatoms. The number of ether oxygens (including phenoxy) is 1. The summed E-state index contributed by atoms with van der Waals surface area (Å²) in [5.41, 5.74) is 7.75. The zero-order valence-electron chi connectivity index (χ0n) is 11.2. The normalized spacial score (nSPS) is 10.8. The van der Waals surface area contributed by atoms with E-state index in [0.717, 1.165) is 11.3 Å². The van der Waals surface area contributed by atoms with Crippen LogP contribution in [0.25, 0.3) is 0 Å². The van der Waals surface area contributed by atoms with Crippen LogP contribution in [0.15, 0.2) is 42.5 Å². The van der Waals surface area contributed by atoms with Crippen LogP contribution in [0.1, 0.15) is 30.9 Å². The fraction of sp³-hybridized carbons (Fsp3) is 0.250. The van der Waals surface area contributed by atoms with Crippen molar-refractivity contribution in [2.24, 2.45) is 5.73 Å². The molecule has 0 unspecified atom stereocenters. The Bertz CT molecular complexity index is 566. The number of para-hydroxylation sites is 1. The average molecular weight is 276 g/mol. The van der Waals surface area contributed by atoms with Crippen LogP contribution in [0.2, 0.25) is 5.02 Å². The topological polar surface area (TPSA) is 35.2 Å². The SMILES string of the molecule is CC(C)c1ccccc1Oc1ccc(CN)cc1Cl.